The van der Waals surface area contributed by atoms with Crippen molar-refractivity contribution in [1.82, 2.24) is 0 Å². The molecule has 3 rings (SSSR count). The van der Waals surface area contributed by atoms with E-state index in [4.69, 9.17) is 10.5 Å². The molecule has 0 atom stereocenters. The number of benzene rings is 2. The molecule has 0 saturated heterocycles. The number of nitrogens with one attached hydrogen (secondary N) is 1. The number of amides is 1. The molecule has 1 amide bonds. The second-order valence-electron chi connectivity index (χ2n) is 6.19. The molecule has 0 fully saturated rings. The van der Waals surface area contributed by atoms with E-state index in [0.717, 1.165) is 12.0 Å². The molecule has 0 spiro atoms. The van der Waals surface area contributed by atoms with Gasteiger partial charge in [-0.1, -0.05) is 0 Å². The van der Waals surface area contributed by atoms with E-state index in [9.17, 15) is 13.2 Å². The summed E-state index contributed by atoms with van der Waals surface area (Å²) in [6.45, 7) is 0.456. The van der Waals surface area contributed by atoms with Crippen LogP contribution in [0.5, 0.6) is 5.75 Å². The Balaban J connectivity index is 0.00000261. The van der Waals surface area contributed by atoms with E-state index in [2.05, 4.69) is 5.32 Å². The van der Waals surface area contributed by atoms with Gasteiger partial charge in [0.05, 0.1) is 30.4 Å². The van der Waals surface area contributed by atoms with Crippen LogP contribution in [0.1, 0.15) is 22.3 Å². The van der Waals surface area contributed by atoms with Crippen LogP contribution in [0.2, 0.25) is 0 Å². The summed E-state index contributed by atoms with van der Waals surface area (Å²) in [5, 5.41) is 2.77. The summed E-state index contributed by atoms with van der Waals surface area (Å²) < 4.78 is 30.4. The minimum Gasteiger partial charge on any atom is -0.497 e. The van der Waals surface area contributed by atoms with Crippen molar-refractivity contribution in [3.8, 4) is 5.75 Å². The number of sulfonamides is 1. The lowest BCUT2D eigenvalue weighted by molar-refractivity contribution is 0.102. The zero-order valence-electron chi connectivity index (χ0n) is 15.1. The Bertz CT molecular complexity index is 963. The van der Waals surface area contributed by atoms with Gasteiger partial charge in [-0.05, 0) is 48.7 Å². The van der Waals surface area contributed by atoms with Crippen molar-refractivity contribution in [1.29, 1.82) is 0 Å². The van der Waals surface area contributed by atoms with Gasteiger partial charge in [0.2, 0.25) is 10.0 Å². The standard InChI is InChI=1S/C18H21N3O4S.ClH/c1-25-14-6-7-15(19)16(11-14)20-18(22)13-5-8-17-12(10-13)4-3-9-21(17)26(2,23)24;/h5-8,10-11H,3-4,9,19H2,1-2H3,(H,20,22);1H. The number of nitrogens with two attached hydrogens (primary N) is 1. The summed E-state index contributed by atoms with van der Waals surface area (Å²) in [5.74, 6) is 0.271. The molecule has 0 aromatic heterocycles. The van der Waals surface area contributed by atoms with Gasteiger partial charge >= 0.3 is 0 Å². The van der Waals surface area contributed by atoms with Gasteiger partial charge in [0.25, 0.3) is 5.91 Å². The lowest BCUT2D eigenvalue weighted by Crippen LogP contribution is -2.34. The number of rotatable bonds is 4. The summed E-state index contributed by atoms with van der Waals surface area (Å²) in [5.41, 5.74) is 8.72. The highest BCUT2D eigenvalue weighted by Crippen LogP contribution is 2.30. The SMILES string of the molecule is COc1ccc(N)c(NC(=O)c2ccc3c(c2)CCCN3S(C)(=O)=O)c1.Cl. The first kappa shape index (κ1) is 20.9. The smallest absolute Gasteiger partial charge is 0.255 e. The van der Waals surface area contributed by atoms with E-state index in [1.165, 1.54) is 17.7 Å². The molecule has 146 valence electrons. The molecule has 2 aromatic rings. The van der Waals surface area contributed by atoms with E-state index < -0.39 is 10.0 Å². The Morgan fingerprint density at radius 1 is 1.22 bits per heavy atom. The number of halogens is 1. The van der Waals surface area contributed by atoms with Crippen LogP contribution in [0.15, 0.2) is 36.4 Å². The number of carbonyl (C=O) groups excluding carboxylic acids is 1. The monoisotopic (exact) mass is 411 g/mol. The Kier molecular flexibility index (Phi) is 6.22. The molecule has 9 heteroatoms. The molecule has 0 aliphatic carbocycles. The Labute approximate surface area is 165 Å². The van der Waals surface area contributed by atoms with E-state index in [0.29, 0.717) is 41.3 Å². The van der Waals surface area contributed by atoms with Gasteiger partial charge in [0.1, 0.15) is 5.75 Å². The van der Waals surface area contributed by atoms with Gasteiger partial charge in [-0.15, -0.1) is 12.4 Å². The number of hydrogen-bond acceptors (Lipinski definition) is 5. The number of fused-ring (bicyclic) bond motifs is 1. The molecule has 3 N–H and O–H groups in total. The number of nitrogen functional groups attached to an aromatic ring is 1. The van der Waals surface area contributed by atoms with Gasteiger partial charge in [-0.25, -0.2) is 8.42 Å². The quantitative estimate of drug-likeness (QED) is 0.753. The Hall–Kier alpha value is -2.45. The first-order chi connectivity index (χ1) is 12.3. The molecule has 2 aromatic carbocycles. The average molecular weight is 412 g/mol. The van der Waals surface area contributed by atoms with Crippen molar-refractivity contribution in [2.45, 2.75) is 12.8 Å². The maximum absolute atomic E-state index is 12.6. The largest absolute Gasteiger partial charge is 0.497 e. The molecule has 1 heterocycles. The van der Waals surface area contributed by atoms with Crippen molar-refractivity contribution in [3.63, 3.8) is 0 Å². The predicted octanol–water partition coefficient (Wildman–Crippen LogP) is 2.66. The number of ether oxygens (including phenoxy) is 1. The van der Waals surface area contributed by atoms with Crippen LogP contribution in [0.25, 0.3) is 0 Å². The minimum atomic E-state index is -3.33. The van der Waals surface area contributed by atoms with Gasteiger partial charge in [-0.3, -0.25) is 9.10 Å². The molecular formula is C18H22ClN3O4S. The summed E-state index contributed by atoms with van der Waals surface area (Å²) in [6, 6.07) is 10.1. The number of anilines is 3. The van der Waals surface area contributed by atoms with Crippen molar-refractivity contribution in [2.24, 2.45) is 0 Å². The molecule has 1 aliphatic rings. The van der Waals surface area contributed by atoms with Crippen LogP contribution in [-0.2, 0) is 16.4 Å². The number of aryl methyl sites for hydroxylation is 1. The molecule has 0 radical (unpaired) electrons. The third-order valence-corrected chi connectivity index (χ3v) is 5.51. The fraction of sp³-hybridized carbons (Fsp3) is 0.278. The summed E-state index contributed by atoms with van der Waals surface area (Å²) in [6.07, 6.45) is 2.63. The fourth-order valence-electron chi connectivity index (χ4n) is 3.01. The predicted molar refractivity (Wildman–Crippen MR) is 110 cm³/mol. The second-order valence-corrected chi connectivity index (χ2v) is 8.10. The van der Waals surface area contributed by atoms with E-state index in [-0.39, 0.29) is 18.3 Å². The second kappa shape index (κ2) is 8.06. The number of hydrogen-bond donors (Lipinski definition) is 2. The van der Waals surface area contributed by atoms with Gasteiger partial charge in [0, 0.05) is 18.2 Å². The molecule has 7 nitrogen and oxygen atoms in total. The van der Waals surface area contributed by atoms with Crippen molar-refractivity contribution in [3.05, 3.63) is 47.5 Å². The Morgan fingerprint density at radius 2 is 1.96 bits per heavy atom. The first-order valence-corrected chi connectivity index (χ1v) is 10.00. The van der Waals surface area contributed by atoms with Gasteiger partial charge in [-0.2, -0.15) is 0 Å². The highest BCUT2D eigenvalue weighted by molar-refractivity contribution is 7.92. The first-order valence-electron chi connectivity index (χ1n) is 8.15. The summed E-state index contributed by atoms with van der Waals surface area (Å²) in [4.78, 5) is 12.6. The Morgan fingerprint density at radius 3 is 2.63 bits per heavy atom. The van der Waals surface area contributed by atoms with Crippen LogP contribution < -0.4 is 20.1 Å². The molecule has 1 aliphatic heterocycles. The van der Waals surface area contributed by atoms with E-state index >= 15 is 0 Å². The summed E-state index contributed by atoms with van der Waals surface area (Å²) in [7, 11) is -1.80. The number of carbonyl (C=O) groups is 1. The third-order valence-electron chi connectivity index (χ3n) is 4.33. The average Bonchev–Trinajstić information content (AvgIpc) is 2.61. The highest BCUT2D eigenvalue weighted by atomic mass is 35.5. The molecule has 0 unspecified atom stereocenters. The van der Waals surface area contributed by atoms with Gasteiger partial charge < -0.3 is 15.8 Å². The maximum atomic E-state index is 12.6. The van der Waals surface area contributed by atoms with Crippen LogP contribution in [0.3, 0.4) is 0 Å². The van der Waals surface area contributed by atoms with Crippen LogP contribution in [0.4, 0.5) is 17.1 Å². The zero-order valence-corrected chi connectivity index (χ0v) is 16.7. The maximum Gasteiger partial charge on any atom is 0.255 e. The van der Waals surface area contributed by atoms with E-state index in [1.54, 1.807) is 36.4 Å². The fourth-order valence-corrected chi connectivity index (χ4v) is 4.01. The van der Waals surface area contributed by atoms with Crippen LogP contribution in [-0.4, -0.2) is 34.2 Å². The molecule has 0 bridgehead atoms. The minimum absolute atomic E-state index is 0. The summed E-state index contributed by atoms with van der Waals surface area (Å²) >= 11 is 0. The lowest BCUT2D eigenvalue weighted by atomic mass is 10.0. The number of nitrogens with zero attached hydrogens (tertiary/aromatic N) is 1. The van der Waals surface area contributed by atoms with Crippen molar-refractivity contribution >= 4 is 45.4 Å². The topological polar surface area (TPSA) is 102 Å². The third kappa shape index (κ3) is 4.45. The van der Waals surface area contributed by atoms with Crippen LogP contribution >= 0.6 is 12.4 Å². The van der Waals surface area contributed by atoms with Gasteiger partial charge in [0.15, 0.2) is 0 Å². The van der Waals surface area contributed by atoms with Crippen LogP contribution in [0, 0.1) is 0 Å². The molecule has 0 saturated carbocycles. The molecule has 27 heavy (non-hydrogen) atoms. The highest BCUT2D eigenvalue weighted by Gasteiger charge is 2.24. The molecular weight excluding hydrogens is 390 g/mol. The van der Waals surface area contributed by atoms with Crippen molar-refractivity contribution < 1.29 is 17.9 Å². The van der Waals surface area contributed by atoms with Crippen molar-refractivity contribution in [2.75, 3.05) is 35.3 Å². The number of methoxy groups -OCH3 is 1. The zero-order chi connectivity index (χ0) is 18.9. The lowest BCUT2D eigenvalue weighted by Gasteiger charge is -2.29. The van der Waals surface area contributed by atoms with E-state index in [1.807, 2.05) is 0 Å². The normalized spacial score (nSPS) is 13.3.